The van der Waals surface area contributed by atoms with Crippen LogP contribution in [0.2, 0.25) is 0 Å². The lowest BCUT2D eigenvalue weighted by Crippen LogP contribution is -2.58. The molecule has 1 unspecified atom stereocenters. The van der Waals surface area contributed by atoms with E-state index >= 15 is 0 Å². The summed E-state index contributed by atoms with van der Waals surface area (Å²) in [4.78, 5) is 5.25. The van der Waals surface area contributed by atoms with E-state index in [1.165, 1.54) is 45.3 Å². The van der Waals surface area contributed by atoms with E-state index in [1.54, 1.807) is 0 Å². The van der Waals surface area contributed by atoms with Crippen LogP contribution in [-0.2, 0) is 0 Å². The Labute approximate surface area is 88.3 Å². The Hall–Kier alpha value is -0.0800. The standard InChI is InChI=1S/C12H24N2/c1-12(2)7-5-4-6-11-10-13(3)8-9-14(11)12/h11H,4-10H2,1-3H3. The van der Waals surface area contributed by atoms with Crippen molar-refractivity contribution in [3.8, 4) is 0 Å². The summed E-state index contributed by atoms with van der Waals surface area (Å²) in [7, 11) is 2.26. The molecule has 2 saturated heterocycles. The SMILES string of the molecule is CN1CCN2C(CCCCC2(C)C)C1. The lowest BCUT2D eigenvalue weighted by atomic mass is 9.95. The maximum absolute atomic E-state index is 2.76. The number of nitrogens with zero attached hydrogens (tertiary/aromatic N) is 2. The van der Waals surface area contributed by atoms with Crippen molar-refractivity contribution in [3.05, 3.63) is 0 Å². The Morgan fingerprint density at radius 2 is 1.93 bits per heavy atom. The van der Waals surface area contributed by atoms with Gasteiger partial charge in [0.2, 0.25) is 0 Å². The van der Waals surface area contributed by atoms with Gasteiger partial charge in [-0.1, -0.05) is 12.8 Å². The van der Waals surface area contributed by atoms with E-state index in [1.807, 2.05) is 0 Å². The maximum Gasteiger partial charge on any atom is 0.0228 e. The Balaban J connectivity index is 2.11. The topological polar surface area (TPSA) is 6.48 Å². The summed E-state index contributed by atoms with van der Waals surface area (Å²) in [5.41, 5.74) is 0.447. The fourth-order valence-electron chi connectivity index (χ4n) is 3.14. The molecule has 0 saturated carbocycles. The number of hydrogen-bond donors (Lipinski definition) is 0. The maximum atomic E-state index is 2.76. The van der Waals surface area contributed by atoms with Gasteiger partial charge in [0.05, 0.1) is 0 Å². The van der Waals surface area contributed by atoms with Crippen molar-refractivity contribution in [1.82, 2.24) is 9.80 Å². The molecule has 0 spiro atoms. The monoisotopic (exact) mass is 196 g/mol. The normalized spacial score (nSPS) is 34.9. The summed E-state index contributed by atoms with van der Waals surface area (Å²) in [5.74, 6) is 0. The minimum Gasteiger partial charge on any atom is -0.304 e. The van der Waals surface area contributed by atoms with Gasteiger partial charge in [-0.3, -0.25) is 4.90 Å². The fraction of sp³-hybridized carbons (Fsp3) is 1.00. The van der Waals surface area contributed by atoms with Crippen molar-refractivity contribution in [2.24, 2.45) is 0 Å². The van der Waals surface area contributed by atoms with Gasteiger partial charge in [-0.25, -0.2) is 0 Å². The molecule has 0 N–H and O–H groups in total. The summed E-state index contributed by atoms with van der Waals surface area (Å²) < 4.78 is 0. The van der Waals surface area contributed by atoms with Gasteiger partial charge in [0, 0.05) is 31.2 Å². The van der Waals surface area contributed by atoms with Crippen molar-refractivity contribution >= 4 is 0 Å². The summed E-state index contributed by atoms with van der Waals surface area (Å²) in [5, 5.41) is 0. The van der Waals surface area contributed by atoms with E-state index < -0.39 is 0 Å². The molecule has 0 aromatic carbocycles. The second-order valence-corrected chi connectivity index (χ2v) is 5.67. The number of fused-ring (bicyclic) bond motifs is 1. The van der Waals surface area contributed by atoms with Crippen molar-refractivity contribution in [1.29, 1.82) is 0 Å². The fourth-order valence-corrected chi connectivity index (χ4v) is 3.14. The van der Waals surface area contributed by atoms with E-state index in [9.17, 15) is 0 Å². The predicted molar refractivity (Wildman–Crippen MR) is 60.5 cm³/mol. The molecular formula is C12H24N2. The average molecular weight is 196 g/mol. The van der Waals surface area contributed by atoms with Gasteiger partial charge in [0.25, 0.3) is 0 Å². The third-order valence-corrected chi connectivity index (χ3v) is 4.04. The van der Waals surface area contributed by atoms with Crippen LogP contribution in [0.15, 0.2) is 0 Å². The van der Waals surface area contributed by atoms with Gasteiger partial charge < -0.3 is 4.90 Å². The van der Waals surface area contributed by atoms with Gasteiger partial charge >= 0.3 is 0 Å². The number of likely N-dealkylation sites (N-methyl/N-ethyl adjacent to an activating group) is 1. The highest BCUT2D eigenvalue weighted by Gasteiger charge is 2.36. The molecular weight excluding hydrogens is 172 g/mol. The zero-order valence-electron chi connectivity index (χ0n) is 9.92. The van der Waals surface area contributed by atoms with E-state index in [0.717, 1.165) is 6.04 Å². The number of piperazine rings is 1. The highest BCUT2D eigenvalue weighted by Crippen LogP contribution is 2.31. The minimum atomic E-state index is 0.447. The molecule has 1 atom stereocenters. The lowest BCUT2D eigenvalue weighted by Gasteiger charge is -2.47. The first kappa shape index (κ1) is 10.4. The van der Waals surface area contributed by atoms with Crippen molar-refractivity contribution in [3.63, 3.8) is 0 Å². The van der Waals surface area contributed by atoms with Crippen LogP contribution in [0, 0.1) is 0 Å². The molecule has 2 rings (SSSR count). The van der Waals surface area contributed by atoms with Gasteiger partial charge in [-0.05, 0) is 33.7 Å². The zero-order chi connectivity index (χ0) is 10.2. The van der Waals surface area contributed by atoms with Crippen LogP contribution in [0.5, 0.6) is 0 Å². The minimum absolute atomic E-state index is 0.447. The summed E-state index contributed by atoms with van der Waals surface area (Å²) in [6, 6.07) is 0.825. The molecule has 0 bridgehead atoms. The summed E-state index contributed by atoms with van der Waals surface area (Å²) in [6.07, 6.45) is 5.64. The van der Waals surface area contributed by atoms with E-state index in [-0.39, 0.29) is 0 Å². The van der Waals surface area contributed by atoms with Crippen LogP contribution in [0.1, 0.15) is 39.5 Å². The van der Waals surface area contributed by atoms with Crippen LogP contribution < -0.4 is 0 Å². The second kappa shape index (κ2) is 3.82. The van der Waals surface area contributed by atoms with Gasteiger partial charge in [-0.15, -0.1) is 0 Å². The molecule has 2 heterocycles. The third-order valence-electron chi connectivity index (χ3n) is 4.04. The summed E-state index contributed by atoms with van der Waals surface area (Å²) >= 11 is 0. The van der Waals surface area contributed by atoms with E-state index in [2.05, 4.69) is 30.7 Å². The number of hydrogen-bond acceptors (Lipinski definition) is 2. The first-order valence-electron chi connectivity index (χ1n) is 6.05. The van der Waals surface area contributed by atoms with Crippen molar-refractivity contribution in [2.75, 3.05) is 26.7 Å². The molecule has 2 aliphatic heterocycles. The molecule has 0 radical (unpaired) electrons. The summed E-state index contributed by atoms with van der Waals surface area (Å²) in [6.45, 7) is 8.66. The largest absolute Gasteiger partial charge is 0.304 e. The molecule has 2 aliphatic rings. The second-order valence-electron chi connectivity index (χ2n) is 5.67. The quantitative estimate of drug-likeness (QED) is 0.584. The van der Waals surface area contributed by atoms with Crippen LogP contribution >= 0.6 is 0 Å². The van der Waals surface area contributed by atoms with Gasteiger partial charge in [0.1, 0.15) is 0 Å². The molecule has 2 nitrogen and oxygen atoms in total. The Morgan fingerprint density at radius 1 is 1.14 bits per heavy atom. The molecule has 0 aromatic rings. The molecule has 82 valence electrons. The van der Waals surface area contributed by atoms with Crippen LogP contribution in [0.3, 0.4) is 0 Å². The number of rotatable bonds is 0. The molecule has 0 aromatic heterocycles. The molecule has 0 amide bonds. The molecule has 14 heavy (non-hydrogen) atoms. The molecule has 0 aliphatic carbocycles. The Kier molecular flexibility index (Phi) is 2.85. The van der Waals surface area contributed by atoms with Crippen molar-refractivity contribution in [2.45, 2.75) is 51.1 Å². The Morgan fingerprint density at radius 3 is 2.71 bits per heavy atom. The smallest absolute Gasteiger partial charge is 0.0228 e. The van der Waals surface area contributed by atoms with E-state index in [4.69, 9.17) is 0 Å². The van der Waals surface area contributed by atoms with Gasteiger partial charge in [0.15, 0.2) is 0 Å². The first-order valence-corrected chi connectivity index (χ1v) is 6.05. The van der Waals surface area contributed by atoms with E-state index in [0.29, 0.717) is 5.54 Å². The lowest BCUT2D eigenvalue weighted by molar-refractivity contribution is 0.0132. The Bertz CT molecular complexity index is 200. The average Bonchev–Trinajstić information content (AvgIpc) is 2.25. The molecule has 2 heteroatoms. The highest BCUT2D eigenvalue weighted by molar-refractivity contribution is 4.93. The highest BCUT2D eigenvalue weighted by atomic mass is 15.3. The first-order chi connectivity index (χ1) is 6.59. The van der Waals surface area contributed by atoms with Crippen LogP contribution in [0.4, 0.5) is 0 Å². The predicted octanol–water partition coefficient (Wildman–Crippen LogP) is 1.95. The van der Waals surface area contributed by atoms with Crippen LogP contribution in [-0.4, -0.2) is 48.1 Å². The van der Waals surface area contributed by atoms with Gasteiger partial charge in [-0.2, -0.15) is 0 Å². The zero-order valence-corrected chi connectivity index (χ0v) is 9.92. The van der Waals surface area contributed by atoms with Crippen LogP contribution in [0.25, 0.3) is 0 Å². The van der Waals surface area contributed by atoms with Crippen molar-refractivity contribution < 1.29 is 0 Å². The molecule has 2 fully saturated rings. The third kappa shape index (κ3) is 1.96.